The van der Waals surface area contributed by atoms with Crippen LogP contribution < -0.4 is 0 Å². The molecule has 1 aliphatic rings. The largest absolute Gasteiger partial charge is 0.300 e. The number of ketones is 1. The second-order valence-corrected chi connectivity index (χ2v) is 6.23. The van der Waals surface area contributed by atoms with Gasteiger partial charge in [0.1, 0.15) is 0 Å². The molecule has 0 radical (unpaired) electrons. The van der Waals surface area contributed by atoms with Crippen LogP contribution in [0.2, 0.25) is 0 Å². The highest BCUT2D eigenvalue weighted by Gasteiger charge is 2.27. The molecule has 0 N–H and O–H groups in total. The quantitative estimate of drug-likeness (QED) is 0.717. The Bertz CT molecular complexity index is 438. The summed E-state index contributed by atoms with van der Waals surface area (Å²) in [5.41, 5.74) is 1.69. The zero-order chi connectivity index (χ0) is 14.0. The van der Waals surface area contributed by atoms with Gasteiger partial charge in [-0.25, -0.2) is 8.78 Å². The maximum absolute atomic E-state index is 12.3. The number of carbonyl (C=O) groups is 1. The number of carbonyl (C=O) groups excluding carboxylic acids is 1. The topological polar surface area (TPSA) is 17.1 Å². The van der Waals surface area contributed by atoms with E-state index in [0.717, 1.165) is 12.8 Å². The van der Waals surface area contributed by atoms with Crippen LogP contribution in [-0.4, -0.2) is 12.2 Å². The van der Waals surface area contributed by atoms with Gasteiger partial charge in [-0.1, -0.05) is 38.1 Å². The summed E-state index contributed by atoms with van der Waals surface area (Å²) < 4.78 is 24.6. The summed E-state index contributed by atoms with van der Waals surface area (Å²) in [4.78, 5) is 11.2. The van der Waals surface area contributed by atoms with E-state index < -0.39 is 12.2 Å². The third-order valence-corrected chi connectivity index (χ3v) is 4.20. The zero-order valence-corrected chi connectivity index (χ0v) is 11.5. The molecule has 1 aliphatic carbocycles. The average molecular weight is 266 g/mol. The van der Waals surface area contributed by atoms with Crippen LogP contribution in [0.1, 0.15) is 61.4 Å². The fourth-order valence-corrected chi connectivity index (χ4v) is 2.78. The van der Waals surface area contributed by atoms with E-state index >= 15 is 0 Å². The first kappa shape index (κ1) is 14.2. The molecule has 0 saturated heterocycles. The fraction of sp³-hybridized carbons (Fsp3) is 0.562. The van der Waals surface area contributed by atoms with Gasteiger partial charge < -0.3 is 0 Å². The standard InChI is InChI=1S/C16H20F2O/c1-16(2)9-7-12(8-10-16)11-3-5-13(6-4-11)14(19)15(17)18/h3-6,12,15H,7-10H2,1-2H3. The molecule has 0 heterocycles. The molecule has 1 saturated carbocycles. The van der Waals surface area contributed by atoms with Crippen LogP contribution in [0, 0.1) is 5.41 Å². The number of hydrogen-bond acceptors (Lipinski definition) is 1. The average Bonchev–Trinajstić information content (AvgIpc) is 2.38. The van der Waals surface area contributed by atoms with Crippen LogP contribution in [0.25, 0.3) is 0 Å². The van der Waals surface area contributed by atoms with Gasteiger partial charge in [-0.3, -0.25) is 4.79 Å². The van der Waals surface area contributed by atoms with Crippen LogP contribution in [-0.2, 0) is 0 Å². The molecule has 1 aromatic carbocycles. The highest BCUT2D eigenvalue weighted by molar-refractivity contribution is 5.98. The Morgan fingerprint density at radius 2 is 1.68 bits per heavy atom. The summed E-state index contributed by atoms with van der Waals surface area (Å²) in [6.07, 6.45) is 1.73. The SMILES string of the molecule is CC1(C)CCC(c2ccc(C(=O)C(F)F)cc2)CC1. The van der Waals surface area contributed by atoms with Crippen LogP contribution in [0.5, 0.6) is 0 Å². The summed E-state index contributed by atoms with van der Waals surface area (Å²) in [6.45, 7) is 4.57. The zero-order valence-electron chi connectivity index (χ0n) is 11.5. The number of rotatable bonds is 3. The molecule has 3 heteroatoms. The Morgan fingerprint density at radius 3 is 2.16 bits per heavy atom. The first-order chi connectivity index (χ1) is 8.89. The Kier molecular flexibility index (Phi) is 4.02. The summed E-state index contributed by atoms with van der Waals surface area (Å²) in [5, 5.41) is 0. The third kappa shape index (κ3) is 3.40. The van der Waals surface area contributed by atoms with Gasteiger partial charge in [0, 0.05) is 5.56 Å². The third-order valence-electron chi connectivity index (χ3n) is 4.20. The molecule has 104 valence electrons. The predicted molar refractivity (Wildman–Crippen MR) is 71.8 cm³/mol. The Hall–Kier alpha value is -1.25. The minimum absolute atomic E-state index is 0.106. The molecule has 19 heavy (non-hydrogen) atoms. The van der Waals surface area contributed by atoms with Crippen molar-refractivity contribution < 1.29 is 13.6 Å². The van der Waals surface area contributed by atoms with Gasteiger partial charge in [0.2, 0.25) is 5.78 Å². The number of halogens is 2. The van der Waals surface area contributed by atoms with E-state index in [9.17, 15) is 13.6 Å². The Balaban J connectivity index is 2.05. The molecular weight excluding hydrogens is 246 g/mol. The summed E-state index contributed by atoms with van der Waals surface area (Å²) >= 11 is 0. The van der Waals surface area contributed by atoms with Crippen molar-refractivity contribution in [3.8, 4) is 0 Å². The van der Waals surface area contributed by atoms with Gasteiger partial charge in [0.25, 0.3) is 0 Å². The molecule has 1 fully saturated rings. The first-order valence-corrected chi connectivity index (χ1v) is 6.81. The molecule has 0 bridgehead atoms. The minimum Gasteiger partial charge on any atom is -0.288 e. The summed E-state index contributed by atoms with van der Waals surface area (Å²) in [7, 11) is 0. The van der Waals surface area contributed by atoms with Crippen LogP contribution in [0.3, 0.4) is 0 Å². The number of benzene rings is 1. The van der Waals surface area contributed by atoms with Crippen molar-refractivity contribution in [3.05, 3.63) is 35.4 Å². The Labute approximate surface area is 113 Å². The van der Waals surface area contributed by atoms with E-state index in [0.29, 0.717) is 11.3 Å². The van der Waals surface area contributed by atoms with Gasteiger partial charge in [-0.2, -0.15) is 0 Å². The molecule has 0 amide bonds. The molecule has 1 nitrogen and oxygen atoms in total. The predicted octanol–water partition coefficient (Wildman–Crippen LogP) is 4.82. The van der Waals surface area contributed by atoms with E-state index in [1.165, 1.54) is 30.5 Å². The second-order valence-electron chi connectivity index (χ2n) is 6.23. The van der Waals surface area contributed by atoms with E-state index in [1.54, 1.807) is 0 Å². The molecule has 1 aromatic rings. The maximum atomic E-state index is 12.3. The van der Waals surface area contributed by atoms with Crippen molar-refractivity contribution in [2.75, 3.05) is 0 Å². The molecule has 0 unspecified atom stereocenters. The monoisotopic (exact) mass is 266 g/mol. The lowest BCUT2D eigenvalue weighted by Crippen LogP contribution is -2.20. The summed E-state index contributed by atoms with van der Waals surface area (Å²) in [5.74, 6) is -0.583. The lowest BCUT2D eigenvalue weighted by Gasteiger charge is -2.34. The van der Waals surface area contributed by atoms with Gasteiger partial charge in [-0.15, -0.1) is 0 Å². The van der Waals surface area contributed by atoms with Crippen LogP contribution in [0.15, 0.2) is 24.3 Å². The lowest BCUT2D eigenvalue weighted by molar-refractivity contribution is 0.0678. The number of hydrogen-bond donors (Lipinski definition) is 0. The summed E-state index contributed by atoms with van der Waals surface area (Å²) in [6, 6.07) is 6.73. The molecular formula is C16H20F2O. The second kappa shape index (κ2) is 5.40. The van der Waals surface area contributed by atoms with E-state index in [1.807, 2.05) is 12.1 Å². The van der Waals surface area contributed by atoms with Crippen molar-refractivity contribution in [3.63, 3.8) is 0 Å². The van der Waals surface area contributed by atoms with Crippen molar-refractivity contribution in [1.82, 2.24) is 0 Å². The minimum atomic E-state index is -2.92. The Morgan fingerprint density at radius 1 is 1.16 bits per heavy atom. The van der Waals surface area contributed by atoms with Crippen molar-refractivity contribution in [2.24, 2.45) is 5.41 Å². The van der Waals surface area contributed by atoms with Gasteiger partial charge in [0.05, 0.1) is 0 Å². The highest BCUT2D eigenvalue weighted by Crippen LogP contribution is 2.42. The first-order valence-electron chi connectivity index (χ1n) is 6.81. The van der Waals surface area contributed by atoms with Gasteiger partial charge in [-0.05, 0) is 42.6 Å². The van der Waals surface area contributed by atoms with Gasteiger partial charge in [0.15, 0.2) is 0 Å². The van der Waals surface area contributed by atoms with Crippen molar-refractivity contribution in [1.29, 1.82) is 0 Å². The molecule has 0 aromatic heterocycles. The normalized spacial score (nSPS) is 19.6. The number of Topliss-reactive ketones (excluding diaryl/α,β-unsaturated/α-hetero) is 1. The lowest BCUT2D eigenvalue weighted by atomic mass is 9.71. The van der Waals surface area contributed by atoms with Gasteiger partial charge >= 0.3 is 6.43 Å². The van der Waals surface area contributed by atoms with E-state index in [-0.39, 0.29) is 5.56 Å². The molecule has 0 spiro atoms. The van der Waals surface area contributed by atoms with Crippen LogP contribution in [0.4, 0.5) is 8.78 Å². The van der Waals surface area contributed by atoms with E-state index in [4.69, 9.17) is 0 Å². The van der Waals surface area contributed by atoms with Crippen molar-refractivity contribution >= 4 is 5.78 Å². The number of alkyl halides is 2. The molecule has 0 atom stereocenters. The maximum Gasteiger partial charge on any atom is 0.300 e. The van der Waals surface area contributed by atoms with Crippen LogP contribution >= 0.6 is 0 Å². The van der Waals surface area contributed by atoms with Crippen molar-refractivity contribution in [2.45, 2.75) is 51.9 Å². The molecule has 0 aliphatic heterocycles. The van der Waals surface area contributed by atoms with E-state index in [2.05, 4.69) is 13.8 Å². The highest BCUT2D eigenvalue weighted by atomic mass is 19.3. The molecule has 2 rings (SSSR count). The fourth-order valence-electron chi connectivity index (χ4n) is 2.78. The smallest absolute Gasteiger partial charge is 0.288 e.